The quantitative estimate of drug-likeness (QED) is 0.646. The molecule has 0 fully saturated rings. The minimum Gasteiger partial charge on any atom is -0.459 e. The Bertz CT molecular complexity index is 599. The number of anilines is 1. The fraction of sp³-hybridized carbons (Fsp3) is 0.333. The topological polar surface area (TPSA) is 74.4 Å². The molecule has 0 aliphatic rings. The summed E-state index contributed by atoms with van der Waals surface area (Å²) in [6.45, 7) is 3.29. The Labute approximate surface area is 117 Å². The van der Waals surface area contributed by atoms with Crippen LogP contribution < -0.4 is 5.73 Å². The molecular formula is C15H18N2O3. The van der Waals surface area contributed by atoms with Crippen LogP contribution in [0.1, 0.15) is 23.8 Å². The fourth-order valence-electron chi connectivity index (χ4n) is 1.82. The van der Waals surface area contributed by atoms with Crippen molar-refractivity contribution in [3.63, 3.8) is 0 Å². The second-order valence-corrected chi connectivity index (χ2v) is 4.36. The van der Waals surface area contributed by atoms with Crippen LogP contribution in [0.15, 0.2) is 30.3 Å². The molecule has 0 amide bonds. The maximum absolute atomic E-state index is 11.9. The van der Waals surface area contributed by atoms with Crippen molar-refractivity contribution in [3.8, 4) is 0 Å². The van der Waals surface area contributed by atoms with Crippen LogP contribution in [-0.2, 0) is 9.47 Å². The van der Waals surface area contributed by atoms with E-state index in [0.717, 1.165) is 11.8 Å². The van der Waals surface area contributed by atoms with Crippen molar-refractivity contribution in [2.45, 2.75) is 13.3 Å². The summed E-state index contributed by atoms with van der Waals surface area (Å²) in [5, 5.41) is 0.829. The van der Waals surface area contributed by atoms with Crippen LogP contribution in [0.3, 0.4) is 0 Å². The van der Waals surface area contributed by atoms with Crippen LogP contribution in [0, 0.1) is 0 Å². The van der Waals surface area contributed by atoms with E-state index in [2.05, 4.69) is 4.98 Å². The first-order chi connectivity index (χ1) is 9.72. The minimum absolute atomic E-state index is 0.216. The van der Waals surface area contributed by atoms with Gasteiger partial charge in [0, 0.05) is 17.7 Å². The standard InChI is InChI=1S/C15H18N2O3/c1-2-7-19-8-9-20-15(18)14-10-12(16)11-5-3-4-6-13(11)17-14/h3-6,10H,2,7-9H2,1H3,(H2,16,17). The Balaban J connectivity index is 2.03. The number of rotatable bonds is 6. The number of para-hydroxylation sites is 1. The number of fused-ring (bicyclic) bond motifs is 1. The van der Waals surface area contributed by atoms with E-state index < -0.39 is 5.97 Å². The van der Waals surface area contributed by atoms with Crippen molar-refractivity contribution in [3.05, 3.63) is 36.0 Å². The highest BCUT2D eigenvalue weighted by Gasteiger charge is 2.11. The van der Waals surface area contributed by atoms with Gasteiger partial charge in [-0.3, -0.25) is 0 Å². The van der Waals surface area contributed by atoms with E-state index in [0.29, 0.717) is 24.4 Å². The molecule has 0 bridgehead atoms. The Hall–Kier alpha value is -2.14. The zero-order valence-corrected chi connectivity index (χ0v) is 11.5. The maximum Gasteiger partial charge on any atom is 0.357 e. The lowest BCUT2D eigenvalue weighted by Gasteiger charge is -2.07. The number of carbonyl (C=O) groups excluding carboxylic acids is 1. The predicted molar refractivity (Wildman–Crippen MR) is 77.5 cm³/mol. The van der Waals surface area contributed by atoms with E-state index >= 15 is 0 Å². The molecule has 5 nitrogen and oxygen atoms in total. The molecule has 1 aromatic heterocycles. The molecule has 2 aromatic rings. The molecule has 1 heterocycles. The Morgan fingerprint density at radius 1 is 1.25 bits per heavy atom. The molecule has 0 radical (unpaired) electrons. The van der Waals surface area contributed by atoms with Crippen molar-refractivity contribution >= 4 is 22.6 Å². The number of benzene rings is 1. The smallest absolute Gasteiger partial charge is 0.357 e. The first-order valence-electron chi connectivity index (χ1n) is 6.62. The molecule has 2 rings (SSSR count). The largest absolute Gasteiger partial charge is 0.459 e. The molecule has 0 aliphatic heterocycles. The predicted octanol–water partition coefficient (Wildman–Crippen LogP) is 2.40. The van der Waals surface area contributed by atoms with Gasteiger partial charge >= 0.3 is 5.97 Å². The lowest BCUT2D eigenvalue weighted by atomic mass is 10.1. The van der Waals surface area contributed by atoms with Crippen LogP contribution in [0.25, 0.3) is 10.9 Å². The number of pyridine rings is 1. The third-order valence-corrected chi connectivity index (χ3v) is 2.77. The summed E-state index contributed by atoms with van der Waals surface area (Å²) in [4.78, 5) is 16.1. The van der Waals surface area contributed by atoms with E-state index in [-0.39, 0.29) is 12.3 Å². The SMILES string of the molecule is CCCOCCOC(=O)c1cc(N)c2ccccc2n1. The van der Waals surface area contributed by atoms with Crippen LogP contribution in [0.4, 0.5) is 5.69 Å². The summed E-state index contributed by atoms with van der Waals surface area (Å²) >= 11 is 0. The number of nitrogens with two attached hydrogens (primary N) is 1. The van der Waals surface area contributed by atoms with E-state index in [1.165, 1.54) is 6.07 Å². The van der Waals surface area contributed by atoms with Crippen LogP contribution in [-0.4, -0.2) is 30.8 Å². The third kappa shape index (κ3) is 3.45. The zero-order chi connectivity index (χ0) is 14.4. The normalized spacial score (nSPS) is 10.7. The Morgan fingerprint density at radius 2 is 2.05 bits per heavy atom. The molecule has 2 N–H and O–H groups in total. The van der Waals surface area contributed by atoms with Gasteiger partial charge in [0.25, 0.3) is 0 Å². The highest BCUT2D eigenvalue weighted by Crippen LogP contribution is 2.20. The van der Waals surface area contributed by atoms with E-state index in [1.807, 2.05) is 31.2 Å². The molecule has 0 saturated carbocycles. The maximum atomic E-state index is 11.9. The van der Waals surface area contributed by atoms with Gasteiger partial charge in [-0.15, -0.1) is 0 Å². The summed E-state index contributed by atoms with van der Waals surface area (Å²) < 4.78 is 10.3. The third-order valence-electron chi connectivity index (χ3n) is 2.77. The van der Waals surface area contributed by atoms with Gasteiger partial charge in [0.2, 0.25) is 0 Å². The van der Waals surface area contributed by atoms with E-state index in [4.69, 9.17) is 15.2 Å². The fourth-order valence-corrected chi connectivity index (χ4v) is 1.82. The van der Waals surface area contributed by atoms with Gasteiger partial charge in [-0.25, -0.2) is 9.78 Å². The van der Waals surface area contributed by atoms with Gasteiger partial charge < -0.3 is 15.2 Å². The monoisotopic (exact) mass is 274 g/mol. The highest BCUT2D eigenvalue weighted by atomic mass is 16.6. The van der Waals surface area contributed by atoms with Gasteiger partial charge in [0.15, 0.2) is 5.69 Å². The molecule has 0 unspecified atom stereocenters. The summed E-state index contributed by atoms with van der Waals surface area (Å²) in [6, 6.07) is 8.95. The second-order valence-electron chi connectivity index (χ2n) is 4.36. The number of aromatic nitrogens is 1. The van der Waals surface area contributed by atoms with E-state index in [1.54, 1.807) is 0 Å². The molecule has 1 aromatic carbocycles. The number of esters is 1. The molecule has 106 valence electrons. The zero-order valence-electron chi connectivity index (χ0n) is 11.5. The number of ether oxygens (including phenoxy) is 2. The second kappa shape index (κ2) is 6.86. The first-order valence-corrected chi connectivity index (χ1v) is 6.62. The number of hydrogen-bond donors (Lipinski definition) is 1. The summed E-state index contributed by atoms with van der Waals surface area (Å²) in [5.74, 6) is -0.484. The molecule has 20 heavy (non-hydrogen) atoms. The van der Waals surface area contributed by atoms with Crippen LogP contribution >= 0.6 is 0 Å². The van der Waals surface area contributed by atoms with Gasteiger partial charge in [0.05, 0.1) is 12.1 Å². The minimum atomic E-state index is -0.484. The summed E-state index contributed by atoms with van der Waals surface area (Å²) in [5.41, 5.74) is 7.34. The van der Waals surface area contributed by atoms with Gasteiger partial charge in [-0.05, 0) is 18.6 Å². The molecule has 5 heteroatoms. The average Bonchev–Trinajstić information content (AvgIpc) is 2.47. The van der Waals surface area contributed by atoms with Gasteiger partial charge in [-0.2, -0.15) is 0 Å². The molecule has 0 saturated heterocycles. The van der Waals surface area contributed by atoms with Crippen molar-refractivity contribution in [2.75, 3.05) is 25.6 Å². The molecule has 0 aliphatic carbocycles. The lowest BCUT2D eigenvalue weighted by molar-refractivity contribution is 0.0313. The van der Waals surface area contributed by atoms with Crippen LogP contribution in [0.5, 0.6) is 0 Å². The summed E-state index contributed by atoms with van der Waals surface area (Å²) in [7, 11) is 0. The van der Waals surface area contributed by atoms with Crippen LogP contribution in [0.2, 0.25) is 0 Å². The molecule has 0 spiro atoms. The first kappa shape index (κ1) is 14.3. The van der Waals surface area contributed by atoms with Crippen molar-refractivity contribution in [1.29, 1.82) is 0 Å². The molecule has 0 atom stereocenters. The Kier molecular flexibility index (Phi) is 4.90. The highest BCUT2D eigenvalue weighted by molar-refractivity contribution is 5.96. The Morgan fingerprint density at radius 3 is 2.85 bits per heavy atom. The van der Waals surface area contributed by atoms with Crippen molar-refractivity contribution in [2.24, 2.45) is 0 Å². The number of nitrogens with zero attached hydrogens (tertiary/aromatic N) is 1. The molecular weight excluding hydrogens is 256 g/mol. The average molecular weight is 274 g/mol. The summed E-state index contributed by atoms with van der Waals surface area (Å²) in [6.07, 6.45) is 0.941. The number of hydrogen-bond acceptors (Lipinski definition) is 5. The number of carbonyl (C=O) groups is 1. The van der Waals surface area contributed by atoms with E-state index in [9.17, 15) is 4.79 Å². The van der Waals surface area contributed by atoms with Crippen molar-refractivity contribution < 1.29 is 14.3 Å². The lowest BCUT2D eigenvalue weighted by Crippen LogP contribution is -2.13. The number of nitrogen functional groups attached to an aromatic ring is 1. The van der Waals surface area contributed by atoms with Gasteiger partial charge in [-0.1, -0.05) is 25.1 Å². The van der Waals surface area contributed by atoms with Gasteiger partial charge in [0.1, 0.15) is 6.61 Å². The van der Waals surface area contributed by atoms with Crippen molar-refractivity contribution in [1.82, 2.24) is 4.98 Å².